The van der Waals surface area contributed by atoms with Gasteiger partial charge < -0.3 is 10.5 Å². The van der Waals surface area contributed by atoms with Crippen LogP contribution < -0.4 is 10.5 Å². The second kappa shape index (κ2) is 4.70. The van der Waals surface area contributed by atoms with Crippen molar-refractivity contribution in [1.82, 2.24) is 0 Å². The zero-order valence-electron chi connectivity index (χ0n) is 9.83. The highest BCUT2D eigenvalue weighted by Gasteiger charge is 2.15. The Balaban J connectivity index is 2.42. The molecule has 0 amide bonds. The molecule has 0 aliphatic heterocycles. The van der Waals surface area contributed by atoms with E-state index in [2.05, 4.69) is 0 Å². The lowest BCUT2D eigenvalue weighted by atomic mass is 10.3. The molecule has 0 aliphatic rings. The van der Waals surface area contributed by atoms with E-state index in [4.69, 9.17) is 10.5 Å². The average molecular weight is 263 g/mol. The summed E-state index contributed by atoms with van der Waals surface area (Å²) in [4.78, 5) is 0.0796. The lowest BCUT2D eigenvalue weighted by Crippen LogP contribution is -2.03. The van der Waals surface area contributed by atoms with Crippen LogP contribution in [0.4, 0.5) is 5.69 Å². The fourth-order valence-electron chi connectivity index (χ4n) is 1.55. The number of benzene rings is 2. The number of hydrogen-bond acceptors (Lipinski definition) is 4. The SMILES string of the molecule is CS(=O)(=O)c1cccc(Oc2ccccc2)c1N. The van der Waals surface area contributed by atoms with Gasteiger partial charge in [0.15, 0.2) is 15.6 Å². The Morgan fingerprint density at radius 3 is 2.28 bits per heavy atom. The van der Waals surface area contributed by atoms with Crippen LogP contribution in [0.3, 0.4) is 0 Å². The summed E-state index contributed by atoms with van der Waals surface area (Å²) in [5.74, 6) is 0.943. The molecule has 0 aromatic heterocycles. The maximum absolute atomic E-state index is 11.5. The van der Waals surface area contributed by atoms with Crippen LogP contribution in [0, 0.1) is 0 Å². The third kappa shape index (κ3) is 2.62. The Bertz CT molecular complexity index is 651. The van der Waals surface area contributed by atoms with Crippen LogP contribution in [0.15, 0.2) is 53.4 Å². The van der Waals surface area contributed by atoms with Crippen molar-refractivity contribution < 1.29 is 13.2 Å². The summed E-state index contributed by atoms with van der Waals surface area (Å²) in [6.07, 6.45) is 1.12. The molecular formula is C13H13NO3S. The smallest absolute Gasteiger partial charge is 0.177 e. The molecule has 0 atom stereocenters. The normalized spacial score (nSPS) is 11.2. The molecule has 0 saturated heterocycles. The van der Waals surface area contributed by atoms with Crippen LogP contribution in [-0.2, 0) is 9.84 Å². The summed E-state index contributed by atoms with van der Waals surface area (Å²) in [6.45, 7) is 0. The highest BCUT2D eigenvalue weighted by atomic mass is 32.2. The fourth-order valence-corrected chi connectivity index (χ4v) is 2.38. The van der Waals surface area contributed by atoms with Crippen molar-refractivity contribution in [3.8, 4) is 11.5 Å². The maximum atomic E-state index is 11.5. The van der Waals surface area contributed by atoms with E-state index in [1.807, 2.05) is 18.2 Å². The van der Waals surface area contributed by atoms with Gasteiger partial charge in [-0.3, -0.25) is 0 Å². The molecule has 0 radical (unpaired) electrons. The molecule has 2 N–H and O–H groups in total. The first-order chi connectivity index (χ1) is 8.48. The summed E-state index contributed by atoms with van der Waals surface area (Å²) in [7, 11) is -3.35. The van der Waals surface area contributed by atoms with Crippen molar-refractivity contribution in [3.63, 3.8) is 0 Å². The van der Waals surface area contributed by atoms with Gasteiger partial charge in [-0.1, -0.05) is 24.3 Å². The molecular weight excluding hydrogens is 250 g/mol. The van der Waals surface area contributed by atoms with Gasteiger partial charge in [-0.2, -0.15) is 0 Å². The highest BCUT2D eigenvalue weighted by molar-refractivity contribution is 7.90. The molecule has 0 aliphatic carbocycles. The Labute approximate surface area is 106 Å². The van der Waals surface area contributed by atoms with Gasteiger partial charge in [-0.25, -0.2) is 8.42 Å². The van der Waals surface area contributed by atoms with Gasteiger partial charge >= 0.3 is 0 Å². The fraction of sp³-hybridized carbons (Fsp3) is 0.0769. The van der Waals surface area contributed by atoms with Gasteiger partial charge in [0.1, 0.15) is 5.75 Å². The van der Waals surface area contributed by atoms with Crippen LogP contribution >= 0.6 is 0 Å². The molecule has 18 heavy (non-hydrogen) atoms. The van der Waals surface area contributed by atoms with Gasteiger partial charge in [0, 0.05) is 6.26 Å². The van der Waals surface area contributed by atoms with Crippen molar-refractivity contribution in [1.29, 1.82) is 0 Å². The van der Waals surface area contributed by atoms with E-state index in [9.17, 15) is 8.42 Å². The number of nitrogen functional groups attached to an aromatic ring is 1. The summed E-state index contributed by atoms with van der Waals surface area (Å²) >= 11 is 0. The van der Waals surface area contributed by atoms with Gasteiger partial charge in [0.2, 0.25) is 0 Å². The molecule has 2 aromatic rings. The van der Waals surface area contributed by atoms with Crippen molar-refractivity contribution in [2.45, 2.75) is 4.90 Å². The number of hydrogen-bond donors (Lipinski definition) is 1. The van der Waals surface area contributed by atoms with Crippen LogP contribution in [-0.4, -0.2) is 14.7 Å². The zero-order valence-corrected chi connectivity index (χ0v) is 10.6. The van der Waals surface area contributed by atoms with Crippen LogP contribution in [0.1, 0.15) is 0 Å². The lowest BCUT2D eigenvalue weighted by molar-refractivity contribution is 0.483. The quantitative estimate of drug-likeness (QED) is 0.864. The van der Waals surface area contributed by atoms with E-state index in [0.717, 1.165) is 6.26 Å². The van der Waals surface area contributed by atoms with Crippen LogP contribution in [0.2, 0.25) is 0 Å². The molecule has 0 heterocycles. The first kappa shape index (κ1) is 12.4. The third-order valence-electron chi connectivity index (χ3n) is 2.40. The van der Waals surface area contributed by atoms with E-state index >= 15 is 0 Å². The molecule has 0 saturated carbocycles. The summed E-state index contributed by atoms with van der Waals surface area (Å²) in [5.41, 5.74) is 5.94. The van der Waals surface area contributed by atoms with Crippen molar-refractivity contribution in [3.05, 3.63) is 48.5 Å². The van der Waals surface area contributed by atoms with Crippen molar-refractivity contribution in [2.24, 2.45) is 0 Å². The standard InChI is InChI=1S/C13H13NO3S/c1-18(15,16)12-9-5-8-11(13(12)14)17-10-6-3-2-4-7-10/h2-9H,14H2,1H3. The predicted molar refractivity (Wildman–Crippen MR) is 70.5 cm³/mol. The van der Waals surface area contributed by atoms with Crippen LogP contribution in [0.25, 0.3) is 0 Å². The minimum atomic E-state index is -3.35. The van der Waals surface area contributed by atoms with Crippen molar-refractivity contribution in [2.75, 3.05) is 12.0 Å². The minimum Gasteiger partial charge on any atom is -0.455 e. The zero-order chi connectivity index (χ0) is 13.2. The summed E-state index contributed by atoms with van der Waals surface area (Å²) in [5, 5.41) is 0. The molecule has 4 nitrogen and oxygen atoms in total. The van der Waals surface area contributed by atoms with Crippen molar-refractivity contribution >= 4 is 15.5 Å². The number of anilines is 1. The first-order valence-corrected chi connectivity index (χ1v) is 7.19. The Morgan fingerprint density at radius 2 is 1.67 bits per heavy atom. The summed E-state index contributed by atoms with van der Waals surface area (Å²) in [6, 6.07) is 13.8. The third-order valence-corrected chi connectivity index (χ3v) is 3.55. The maximum Gasteiger partial charge on any atom is 0.177 e. The topological polar surface area (TPSA) is 69.4 Å². The average Bonchev–Trinajstić information content (AvgIpc) is 2.32. The number of nitrogens with two attached hydrogens (primary N) is 1. The number of rotatable bonds is 3. The molecule has 0 unspecified atom stereocenters. The molecule has 0 fully saturated rings. The number of para-hydroxylation sites is 2. The lowest BCUT2D eigenvalue weighted by Gasteiger charge is -2.10. The number of ether oxygens (including phenoxy) is 1. The van der Waals surface area contributed by atoms with Crippen LogP contribution in [0.5, 0.6) is 11.5 Å². The van der Waals surface area contributed by atoms with E-state index in [0.29, 0.717) is 11.5 Å². The number of sulfone groups is 1. The molecule has 94 valence electrons. The Kier molecular flexibility index (Phi) is 3.25. The van der Waals surface area contributed by atoms with Gasteiger partial charge in [0.05, 0.1) is 10.6 Å². The second-order valence-corrected chi connectivity index (χ2v) is 5.84. The molecule has 2 rings (SSSR count). The first-order valence-electron chi connectivity index (χ1n) is 5.30. The van der Waals surface area contributed by atoms with Gasteiger partial charge in [-0.05, 0) is 24.3 Å². The monoisotopic (exact) mass is 263 g/mol. The van der Waals surface area contributed by atoms with E-state index in [1.54, 1.807) is 24.3 Å². The summed E-state index contributed by atoms with van der Waals surface area (Å²) < 4.78 is 28.6. The minimum absolute atomic E-state index is 0.0796. The molecule has 5 heteroatoms. The highest BCUT2D eigenvalue weighted by Crippen LogP contribution is 2.32. The van der Waals surface area contributed by atoms with E-state index < -0.39 is 9.84 Å². The molecule has 0 bridgehead atoms. The Hall–Kier alpha value is -2.01. The van der Waals surface area contributed by atoms with Gasteiger partial charge in [-0.15, -0.1) is 0 Å². The molecule has 2 aromatic carbocycles. The van der Waals surface area contributed by atoms with E-state index in [-0.39, 0.29) is 10.6 Å². The largest absolute Gasteiger partial charge is 0.455 e. The predicted octanol–water partition coefficient (Wildman–Crippen LogP) is 2.46. The Morgan fingerprint density at radius 1 is 1.00 bits per heavy atom. The van der Waals surface area contributed by atoms with Gasteiger partial charge in [0.25, 0.3) is 0 Å². The second-order valence-electron chi connectivity index (χ2n) is 3.86. The molecule has 0 spiro atoms. The van der Waals surface area contributed by atoms with E-state index in [1.165, 1.54) is 6.07 Å².